The monoisotopic (exact) mass is 264 g/mol. The number of unbranched alkanes of at least 4 members (excludes halogenated alkanes) is 1. The molecule has 0 radical (unpaired) electrons. The van der Waals surface area contributed by atoms with E-state index in [9.17, 15) is 13.2 Å². The molecule has 0 aliphatic carbocycles. The van der Waals surface area contributed by atoms with Gasteiger partial charge in [0.1, 0.15) is 12.2 Å². The normalized spacial score (nSPS) is 12.0. The van der Waals surface area contributed by atoms with Crippen molar-refractivity contribution in [2.75, 3.05) is 6.54 Å². The Hall–Kier alpha value is -1.11. The molecule has 104 valence electrons. The Morgan fingerprint density at radius 2 is 2.11 bits per heavy atom. The molecule has 0 bridgehead atoms. The molecule has 1 aromatic rings. The molecular formula is C11H19F3N4. The van der Waals surface area contributed by atoms with E-state index in [1.54, 1.807) is 0 Å². The Labute approximate surface area is 105 Å². The summed E-state index contributed by atoms with van der Waals surface area (Å²) in [6.07, 6.45) is -1.60. The number of hydrogen-bond acceptors (Lipinski definition) is 3. The first-order chi connectivity index (χ1) is 8.53. The van der Waals surface area contributed by atoms with E-state index in [1.807, 2.05) is 4.68 Å². The third-order valence-corrected chi connectivity index (χ3v) is 2.48. The van der Waals surface area contributed by atoms with Crippen LogP contribution in [0.5, 0.6) is 0 Å². The van der Waals surface area contributed by atoms with Crippen molar-refractivity contribution in [2.24, 2.45) is 0 Å². The smallest absolute Gasteiger partial charge is 0.310 e. The molecule has 4 nitrogen and oxygen atoms in total. The Kier molecular flexibility index (Phi) is 6.11. The number of nitrogens with one attached hydrogen (secondary N) is 1. The SMILES string of the molecule is CCCn1ncnc1CNCCCCC(F)(F)F. The van der Waals surface area contributed by atoms with Crippen LogP contribution < -0.4 is 5.32 Å². The topological polar surface area (TPSA) is 42.7 Å². The van der Waals surface area contributed by atoms with Crippen LogP contribution in [0.25, 0.3) is 0 Å². The van der Waals surface area contributed by atoms with Gasteiger partial charge in [0.25, 0.3) is 0 Å². The van der Waals surface area contributed by atoms with Crippen molar-refractivity contribution < 1.29 is 13.2 Å². The third kappa shape index (κ3) is 6.00. The first-order valence-electron chi connectivity index (χ1n) is 6.17. The second kappa shape index (κ2) is 7.35. The summed E-state index contributed by atoms with van der Waals surface area (Å²) in [4.78, 5) is 4.10. The zero-order valence-electron chi connectivity index (χ0n) is 10.5. The maximum Gasteiger partial charge on any atom is 0.389 e. The molecular weight excluding hydrogens is 245 g/mol. The number of aryl methyl sites for hydroxylation is 1. The summed E-state index contributed by atoms with van der Waals surface area (Å²) in [5, 5.41) is 7.15. The van der Waals surface area contributed by atoms with E-state index < -0.39 is 12.6 Å². The molecule has 7 heteroatoms. The van der Waals surface area contributed by atoms with E-state index in [2.05, 4.69) is 22.3 Å². The predicted octanol–water partition coefficient (Wildman–Crippen LogP) is 2.51. The van der Waals surface area contributed by atoms with Gasteiger partial charge in [0.05, 0.1) is 6.54 Å². The van der Waals surface area contributed by atoms with E-state index in [-0.39, 0.29) is 6.42 Å². The Bertz CT molecular complexity index is 335. The zero-order chi connectivity index (χ0) is 13.4. The van der Waals surface area contributed by atoms with Gasteiger partial charge in [-0.3, -0.25) is 0 Å². The lowest BCUT2D eigenvalue weighted by molar-refractivity contribution is -0.135. The number of alkyl halides is 3. The standard InChI is InChI=1S/C11H19F3N4/c1-2-7-18-10(16-9-17-18)8-15-6-4-3-5-11(12,13)14/h9,15H,2-8H2,1H3. The van der Waals surface area contributed by atoms with Crippen molar-refractivity contribution >= 4 is 0 Å². The van der Waals surface area contributed by atoms with Crippen LogP contribution in [-0.2, 0) is 13.1 Å². The van der Waals surface area contributed by atoms with Crippen LogP contribution in [0, 0.1) is 0 Å². The Balaban J connectivity index is 2.12. The van der Waals surface area contributed by atoms with Gasteiger partial charge in [0.2, 0.25) is 0 Å². The molecule has 0 saturated heterocycles. The number of halogens is 3. The minimum absolute atomic E-state index is 0.165. The summed E-state index contributed by atoms with van der Waals surface area (Å²) < 4.78 is 37.5. The first-order valence-corrected chi connectivity index (χ1v) is 6.17. The summed E-state index contributed by atoms with van der Waals surface area (Å²) in [5.74, 6) is 0.827. The van der Waals surface area contributed by atoms with Gasteiger partial charge in [0.15, 0.2) is 0 Å². The van der Waals surface area contributed by atoms with Crippen LogP contribution in [0.4, 0.5) is 13.2 Å². The minimum Gasteiger partial charge on any atom is -0.310 e. The summed E-state index contributed by atoms with van der Waals surface area (Å²) in [6.45, 7) is 3.97. The van der Waals surface area contributed by atoms with Crippen molar-refractivity contribution in [3.63, 3.8) is 0 Å². The second-order valence-corrected chi connectivity index (χ2v) is 4.15. The highest BCUT2D eigenvalue weighted by atomic mass is 19.4. The fourth-order valence-electron chi connectivity index (χ4n) is 1.60. The van der Waals surface area contributed by atoms with Gasteiger partial charge < -0.3 is 5.32 Å². The van der Waals surface area contributed by atoms with Crippen LogP contribution in [0.2, 0.25) is 0 Å². The lowest BCUT2D eigenvalue weighted by atomic mass is 10.2. The molecule has 1 rings (SSSR count). The summed E-state index contributed by atoms with van der Waals surface area (Å²) in [7, 11) is 0. The van der Waals surface area contributed by atoms with Crippen molar-refractivity contribution in [1.29, 1.82) is 0 Å². The molecule has 0 fully saturated rings. The van der Waals surface area contributed by atoms with Crippen LogP contribution >= 0.6 is 0 Å². The summed E-state index contributed by atoms with van der Waals surface area (Å²) >= 11 is 0. The molecule has 1 aromatic heterocycles. The van der Waals surface area contributed by atoms with E-state index in [4.69, 9.17) is 0 Å². The van der Waals surface area contributed by atoms with Crippen molar-refractivity contribution in [3.8, 4) is 0 Å². The maximum atomic E-state index is 11.9. The number of aromatic nitrogens is 3. The maximum absolute atomic E-state index is 11.9. The highest BCUT2D eigenvalue weighted by Crippen LogP contribution is 2.21. The fourth-order valence-corrected chi connectivity index (χ4v) is 1.60. The summed E-state index contributed by atoms with van der Waals surface area (Å²) in [5.41, 5.74) is 0. The molecule has 0 aliphatic heterocycles. The van der Waals surface area contributed by atoms with Gasteiger partial charge in [-0.15, -0.1) is 0 Å². The molecule has 0 saturated carbocycles. The lowest BCUT2D eigenvalue weighted by Crippen LogP contribution is -2.19. The molecule has 18 heavy (non-hydrogen) atoms. The van der Waals surface area contributed by atoms with Crippen molar-refractivity contribution in [2.45, 2.75) is 51.9 Å². The van der Waals surface area contributed by atoms with E-state index in [1.165, 1.54) is 6.33 Å². The fraction of sp³-hybridized carbons (Fsp3) is 0.818. The van der Waals surface area contributed by atoms with Gasteiger partial charge in [-0.2, -0.15) is 18.3 Å². The molecule has 0 spiro atoms. The number of nitrogens with zero attached hydrogens (tertiary/aromatic N) is 3. The van der Waals surface area contributed by atoms with E-state index in [0.29, 0.717) is 19.5 Å². The third-order valence-electron chi connectivity index (χ3n) is 2.48. The predicted molar refractivity (Wildman–Crippen MR) is 61.9 cm³/mol. The molecule has 0 unspecified atom stereocenters. The Morgan fingerprint density at radius 1 is 1.33 bits per heavy atom. The molecule has 0 amide bonds. The van der Waals surface area contributed by atoms with Gasteiger partial charge in [0, 0.05) is 13.0 Å². The molecule has 0 aromatic carbocycles. The van der Waals surface area contributed by atoms with Crippen LogP contribution in [0.15, 0.2) is 6.33 Å². The average Bonchev–Trinajstić information content (AvgIpc) is 2.70. The lowest BCUT2D eigenvalue weighted by Gasteiger charge is -2.07. The first kappa shape index (κ1) is 14.9. The minimum atomic E-state index is -4.04. The van der Waals surface area contributed by atoms with Gasteiger partial charge >= 0.3 is 6.18 Å². The molecule has 0 aliphatic rings. The second-order valence-electron chi connectivity index (χ2n) is 4.15. The quantitative estimate of drug-likeness (QED) is 0.734. The number of rotatable bonds is 8. The molecule has 0 atom stereocenters. The van der Waals surface area contributed by atoms with Gasteiger partial charge in [-0.25, -0.2) is 9.67 Å². The molecule has 1 heterocycles. The van der Waals surface area contributed by atoms with Crippen LogP contribution in [0.3, 0.4) is 0 Å². The Morgan fingerprint density at radius 3 is 2.78 bits per heavy atom. The average molecular weight is 264 g/mol. The largest absolute Gasteiger partial charge is 0.389 e. The van der Waals surface area contributed by atoms with Crippen LogP contribution in [-0.4, -0.2) is 27.5 Å². The van der Waals surface area contributed by atoms with Gasteiger partial charge in [-0.05, 0) is 25.8 Å². The van der Waals surface area contributed by atoms with E-state index >= 15 is 0 Å². The van der Waals surface area contributed by atoms with Crippen molar-refractivity contribution in [3.05, 3.63) is 12.2 Å². The highest BCUT2D eigenvalue weighted by Gasteiger charge is 2.25. The molecule has 1 N–H and O–H groups in total. The number of hydrogen-bond donors (Lipinski definition) is 1. The van der Waals surface area contributed by atoms with E-state index in [0.717, 1.165) is 18.8 Å². The summed E-state index contributed by atoms with van der Waals surface area (Å²) in [6, 6.07) is 0. The van der Waals surface area contributed by atoms with Gasteiger partial charge in [-0.1, -0.05) is 6.92 Å². The van der Waals surface area contributed by atoms with Crippen molar-refractivity contribution in [1.82, 2.24) is 20.1 Å². The highest BCUT2D eigenvalue weighted by molar-refractivity contribution is 4.83. The zero-order valence-corrected chi connectivity index (χ0v) is 10.5. The van der Waals surface area contributed by atoms with Crippen LogP contribution in [0.1, 0.15) is 38.4 Å².